The zero-order chi connectivity index (χ0) is 17.6. The van der Waals surface area contributed by atoms with Crippen LogP contribution in [0, 0.1) is 6.92 Å². The summed E-state index contributed by atoms with van der Waals surface area (Å²) in [6.45, 7) is 3.78. The van der Waals surface area contributed by atoms with E-state index < -0.39 is 0 Å². The topological polar surface area (TPSA) is 32.7 Å². The highest BCUT2D eigenvalue weighted by atomic mass is 16.5. The average molecular weight is 339 g/mol. The molecule has 3 heteroatoms. The van der Waals surface area contributed by atoms with Crippen molar-refractivity contribution in [3.63, 3.8) is 0 Å². The summed E-state index contributed by atoms with van der Waals surface area (Å²) in [5.41, 5.74) is 2.56. The molecule has 134 valence electrons. The molecule has 0 amide bonds. The van der Waals surface area contributed by atoms with E-state index in [9.17, 15) is 5.11 Å². The third-order valence-corrected chi connectivity index (χ3v) is 5.48. The van der Waals surface area contributed by atoms with E-state index in [1.807, 2.05) is 18.2 Å². The van der Waals surface area contributed by atoms with Gasteiger partial charge >= 0.3 is 0 Å². The molecule has 0 aromatic heterocycles. The number of ether oxygens (including phenoxy) is 1. The van der Waals surface area contributed by atoms with Gasteiger partial charge < -0.3 is 14.7 Å². The molecule has 25 heavy (non-hydrogen) atoms. The van der Waals surface area contributed by atoms with Gasteiger partial charge in [0, 0.05) is 12.6 Å². The van der Waals surface area contributed by atoms with E-state index in [0.29, 0.717) is 17.7 Å². The fourth-order valence-corrected chi connectivity index (χ4v) is 3.80. The number of aryl methyl sites for hydroxylation is 1. The quantitative estimate of drug-likeness (QED) is 0.825. The highest BCUT2D eigenvalue weighted by molar-refractivity contribution is 5.31. The molecule has 0 bridgehead atoms. The zero-order valence-corrected chi connectivity index (χ0v) is 15.3. The van der Waals surface area contributed by atoms with Crippen LogP contribution in [-0.4, -0.2) is 36.2 Å². The van der Waals surface area contributed by atoms with Gasteiger partial charge in [-0.05, 0) is 74.9 Å². The SMILES string of the molecule is Cc1ccccc1OCCN(C)[C@H]1CC[C@H](c2ccc(O)cc2)CC1. The predicted octanol–water partition coefficient (Wildman–Crippen LogP) is 4.74. The normalized spacial score (nSPS) is 20.6. The molecule has 0 atom stereocenters. The van der Waals surface area contributed by atoms with Crippen molar-refractivity contribution < 1.29 is 9.84 Å². The fourth-order valence-electron chi connectivity index (χ4n) is 3.80. The lowest BCUT2D eigenvalue weighted by Crippen LogP contribution is -2.37. The van der Waals surface area contributed by atoms with Crippen molar-refractivity contribution >= 4 is 0 Å². The van der Waals surface area contributed by atoms with E-state index in [1.54, 1.807) is 12.1 Å². The summed E-state index contributed by atoms with van der Waals surface area (Å²) in [6, 6.07) is 16.6. The van der Waals surface area contributed by atoms with E-state index in [1.165, 1.54) is 36.8 Å². The average Bonchev–Trinajstić information content (AvgIpc) is 2.64. The molecule has 3 rings (SSSR count). The van der Waals surface area contributed by atoms with Gasteiger partial charge in [-0.1, -0.05) is 30.3 Å². The Balaban J connectivity index is 1.43. The largest absolute Gasteiger partial charge is 0.508 e. The van der Waals surface area contributed by atoms with E-state index >= 15 is 0 Å². The second-order valence-corrected chi connectivity index (χ2v) is 7.19. The van der Waals surface area contributed by atoms with Crippen molar-refractivity contribution in [3.8, 4) is 11.5 Å². The summed E-state index contributed by atoms with van der Waals surface area (Å²) in [5, 5.41) is 9.43. The summed E-state index contributed by atoms with van der Waals surface area (Å²) in [7, 11) is 2.22. The zero-order valence-electron chi connectivity index (χ0n) is 15.3. The Hall–Kier alpha value is -2.00. The third-order valence-electron chi connectivity index (χ3n) is 5.48. The molecule has 0 aliphatic heterocycles. The Morgan fingerprint density at radius 1 is 1.00 bits per heavy atom. The number of phenols is 1. The molecule has 2 aromatic rings. The smallest absolute Gasteiger partial charge is 0.122 e. The van der Waals surface area contributed by atoms with E-state index in [0.717, 1.165) is 18.9 Å². The van der Waals surface area contributed by atoms with Gasteiger partial charge in [0.1, 0.15) is 18.1 Å². The summed E-state index contributed by atoms with van der Waals surface area (Å²) in [6.07, 6.45) is 4.90. The lowest BCUT2D eigenvalue weighted by atomic mass is 9.81. The predicted molar refractivity (Wildman–Crippen MR) is 102 cm³/mol. The number of para-hydroxylation sites is 1. The molecule has 1 aliphatic rings. The van der Waals surface area contributed by atoms with E-state index in [-0.39, 0.29) is 0 Å². The number of hydrogen-bond donors (Lipinski definition) is 1. The van der Waals surface area contributed by atoms with Crippen LogP contribution in [0.25, 0.3) is 0 Å². The van der Waals surface area contributed by atoms with Crippen LogP contribution >= 0.6 is 0 Å². The van der Waals surface area contributed by atoms with Crippen LogP contribution in [0.4, 0.5) is 0 Å². The highest BCUT2D eigenvalue weighted by Gasteiger charge is 2.24. The van der Waals surface area contributed by atoms with Gasteiger partial charge in [0.2, 0.25) is 0 Å². The van der Waals surface area contributed by atoms with Crippen LogP contribution < -0.4 is 4.74 Å². The number of benzene rings is 2. The standard InChI is InChI=1S/C22H29NO2/c1-17-5-3-4-6-22(17)25-16-15-23(2)20-11-7-18(8-12-20)19-9-13-21(24)14-10-19/h3-6,9-10,13-14,18,20,24H,7-8,11-12,15-16H2,1-2H3/t18-,20-. The molecule has 1 fully saturated rings. The molecule has 0 radical (unpaired) electrons. The summed E-state index contributed by atoms with van der Waals surface area (Å²) in [4.78, 5) is 2.45. The maximum absolute atomic E-state index is 9.43. The third kappa shape index (κ3) is 4.76. The Kier molecular flexibility index (Phi) is 5.98. The van der Waals surface area contributed by atoms with Crippen LogP contribution in [0.15, 0.2) is 48.5 Å². The number of aromatic hydroxyl groups is 1. The maximum atomic E-state index is 9.43. The van der Waals surface area contributed by atoms with Crippen molar-refractivity contribution in [2.24, 2.45) is 0 Å². The molecule has 0 saturated heterocycles. The van der Waals surface area contributed by atoms with Crippen molar-refractivity contribution in [1.82, 2.24) is 4.90 Å². The number of hydrogen-bond acceptors (Lipinski definition) is 3. The fraction of sp³-hybridized carbons (Fsp3) is 0.455. The summed E-state index contributed by atoms with van der Waals surface area (Å²) < 4.78 is 5.93. The van der Waals surface area contributed by atoms with Crippen molar-refractivity contribution in [2.45, 2.75) is 44.6 Å². The Labute approximate surface area is 151 Å². The first-order valence-corrected chi connectivity index (χ1v) is 9.31. The maximum Gasteiger partial charge on any atom is 0.122 e. The van der Waals surface area contributed by atoms with Crippen molar-refractivity contribution in [3.05, 3.63) is 59.7 Å². The molecule has 1 N–H and O–H groups in total. The van der Waals surface area contributed by atoms with Crippen LogP contribution in [0.5, 0.6) is 11.5 Å². The minimum Gasteiger partial charge on any atom is -0.508 e. The van der Waals surface area contributed by atoms with Crippen LogP contribution in [0.1, 0.15) is 42.7 Å². The van der Waals surface area contributed by atoms with Crippen molar-refractivity contribution in [1.29, 1.82) is 0 Å². The molecular formula is C22H29NO2. The Morgan fingerprint density at radius 3 is 2.36 bits per heavy atom. The monoisotopic (exact) mass is 339 g/mol. The van der Waals surface area contributed by atoms with Gasteiger partial charge in [-0.2, -0.15) is 0 Å². The molecule has 0 unspecified atom stereocenters. The lowest BCUT2D eigenvalue weighted by molar-refractivity contribution is 0.153. The van der Waals surface area contributed by atoms with Gasteiger partial charge in [-0.3, -0.25) is 0 Å². The van der Waals surface area contributed by atoms with Gasteiger partial charge in [0.25, 0.3) is 0 Å². The first-order valence-electron chi connectivity index (χ1n) is 9.31. The first-order chi connectivity index (χ1) is 12.1. The second kappa shape index (κ2) is 8.39. The van der Waals surface area contributed by atoms with Gasteiger partial charge in [0.15, 0.2) is 0 Å². The van der Waals surface area contributed by atoms with Crippen LogP contribution in [0.2, 0.25) is 0 Å². The molecule has 0 heterocycles. The number of phenolic OH excluding ortho intramolecular Hbond substituents is 1. The highest BCUT2D eigenvalue weighted by Crippen LogP contribution is 2.34. The molecule has 1 saturated carbocycles. The second-order valence-electron chi connectivity index (χ2n) is 7.19. The first kappa shape index (κ1) is 17.8. The lowest BCUT2D eigenvalue weighted by Gasteiger charge is -2.34. The van der Waals surface area contributed by atoms with Gasteiger partial charge in [-0.25, -0.2) is 0 Å². The minimum atomic E-state index is 0.353. The van der Waals surface area contributed by atoms with E-state index in [4.69, 9.17) is 4.74 Å². The number of likely N-dealkylation sites (N-methyl/N-ethyl adjacent to an activating group) is 1. The van der Waals surface area contributed by atoms with Gasteiger partial charge in [-0.15, -0.1) is 0 Å². The Bertz CT molecular complexity index is 660. The van der Waals surface area contributed by atoms with E-state index in [2.05, 4.69) is 37.1 Å². The summed E-state index contributed by atoms with van der Waals surface area (Å²) >= 11 is 0. The summed E-state index contributed by atoms with van der Waals surface area (Å²) in [5.74, 6) is 1.98. The molecule has 1 aliphatic carbocycles. The molecule has 2 aromatic carbocycles. The van der Waals surface area contributed by atoms with Crippen molar-refractivity contribution in [2.75, 3.05) is 20.2 Å². The number of rotatable bonds is 6. The minimum absolute atomic E-state index is 0.353. The molecule has 3 nitrogen and oxygen atoms in total. The molecular weight excluding hydrogens is 310 g/mol. The number of nitrogens with zero attached hydrogens (tertiary/aromatic N) is 1. The van der Waals surface area contributed by atoms with Crippen LogP contribution in [-0.2, 0) is 0 Å². The van der Waals surface area contributed by atoms with Crippen LogP contribution in [0.3, 0.4) is 0 Å². The molecule has 0 spiro atoms. The Morgan fingerprint density at radius 2 is 1.68 bits per heavy atom. The van der Waals surface area contributed by atoms with Gasteiger partial charge in [0.05, 0.1) is 0 Å².